The van der Waals surface area contributed by atoms with Crippen LogP contribution in [0.25, 0.3) is 0 Å². The molecule has 1 aromatic heterocycles. The number of nitrogens with one attached hydrogen (secondary N) is 1. The van der Waals surface area contributed by atoms with Crippen LogP contribution < -0.4 is 10.1 Å². The summed E-state index contributed by atoms with van der Waals surface area (Å²) in [4.78, 5) is 15.8. The number of halogens is 2. The molecule has 0 fully saturated rings. The summed E-state index contributed by atoms with van der Waals surface area (Å²) in [5.41, 5.74) is 0.823. The Labute approximate surface area is 120 Å². The molecule has 0 saturated heterocycles. The molecule has 0 saturated carbocycles. The van der Waals surface area contributed by atoms with Crippen LogP contribution in [0, 0.1) is 0 Å². The number of nitrogens with zero attached hydrogens (tertiary/aromatic N) is 1. The third-order valence-corrected chi connectivity index (χ3v) is 3.02. The fourth-order valence-corrected chi connectivity index (χ4v) is 1.92. The number of methoxy groups -OCH3 is 1. The zero-order valence-corrected chi connectivity index (χ0v) is 11.5. The molecule has 1 amide bonds. The molecule has 4 nitrogen and oxygen atoms in total. The van der Waals surface area contributed by atoms with Crippen molar-refractivity contribution in [1.29, 1.82) is 0 Å². The lowest BCUT2D eigenvalue weighted by Gasteiger charge is -2.09. The summed E-state index contributed by atoms with van der Waals surface area (Å²) in [6, 6.07) is 6.70. The van der Waals surface area contributed by atoms with Gasteiger partial charge in [0.1, 0.15) is 5.75 Å². The molecule has 0 spiro atoms. The quantitative estimate of drug-likeness (QED) is 0.940. The topological polar surface area (TPSA) is 51.2 Å². The molecule has 98 valence electrons. The summed E-state index contributed by atoms with van der Waals surface area (Å²) in [6.07, 6.45) is 2.83. The first-order valence-corrected chi connectivity index (χ1v) is 6.12. The summed E-state index contributed by atoms with van der Waals surface area (Å²) in [6.45, 7) is 0. The second-order valence-corrected chi connectivity index (χ2v) is 4.48. The minimum atomic E-state index is -0.308. The molecule has 2 aromatic rings. The Kier molecular flexibility index (Phi) is 4.24. The first-order valence-electron chi connectivity index (χ1n) is 5.36. The maximum Gasteiger partial charge on any atom is 0.255 e. The number of benzene rings is 1. The Bertz CT molecular complexity index is 580. The van der Waals surface area contributed by atoms with Crippen molar-refractivity contribution in [2.75, 3.05) is 12.4 Å². The third kappa shape index (κ3) is 3.16. The average Bonchev–Trinajstić information content (AvgIpc) is 2.43. The Morgan fingerprint density at radius 2 is 1.74 bits per heavy atom. The predicted molar refractivity (Wildman–Crippen MR) is 75.2 cm³/mol. The van der Waals surface area contributed by atoms with Gasteiger partial charge >= 0.3 is 0 Å². The molecule has 1 N–H and O–H groups in total. The summed E-state index contributed by atoms with van der Waals surface area (Å²) in [5, 5.41) is 3.22. The number of anilines is 1. The van der Waals surface area contributed by atoms with Gasteiger partial charge in [0, 0.05) is 18.0 Å². The van der Waals surface area contributed by atoms with Crippen LogP contribution in [0.5, 0.6) is 5.75 Å². The lowest BCUT2D eigenvalue weighted by atomic mass is 10.2. The van der Waals surface area contributed by atoms with Crippen LogP contribution in [-0.4, -0.2) is 18.0 Å². The van der Waals surface area contributed by atoms with Gasteiger partial charge in [-0.1, -0.05) is 23.2 Å². The first kappa shape index (κ1) is 13.6. The SMILES string of the molecule is COc1ccc(C(=O)Nc2c(Cl)cncc2Cl)cc1. The number of carbonyl (C=O) groups excluding carboxylic acids is 1. The highest BCUT2D eigenvalue weighted by atomic mass is 35.5. The summed E-state index contributed by atoms with van der Waals surface area (Å²) in [7, 11) is 1.56. The molecule has 19 heavy (non-hydrogen) atoms. The Morgan fingerprint density at radius 3 is 2.26 bits per heavy atom. The largest absolute Gasteiger partial charge is 0.497 e. The molecule has 1 heterocycles. The Hall–Kier alpha value is -1.78. The number of hydrogen-bond acceptors (Lipinski definition) is 3. The highest BCUT2D eigenvalue weighted by molar-refractivity contribution is 6.39. The van der Waals surface area contributed by atoms with Crippen molar-refractivity contribution in [2.24, 2.45) is 0 Å². The number of aromatic nitrogens is 1. The summed E-state index contributed by atoms with van der Waals surface area (Å²) >= 11 is 11.9. The normalized spacial score (nSPS) is 10.1. The fourth-order valence-electron chi connectivity index (χ4n) is 1.46. The van der Waals surface area contributed by atoms with E-state index in [1.165, 1.54) is 12.4 Å². The van der Waals surface area contributed by atoms with E-state index in [2.05, 4.69) is 10.3 Å². The minimum absolute atomic E-state index is 0.286. The van der Waals surface area contributed by atoms with E-state index in [1.807, 2.05) is 0 Å². The van der Waals surface area contributed by atoms with E-state index in [0.29, 0.717) is 17.0 Å². The minimum Gasteiger partial charge on any atom is -0.497 e. The molecule has 0 bridgehead atoms. The van der Waals surface area contributed by atoms with Crippen LogP contribution in [0.15, 0.2) is 36.7 Å². The van der Waals surface area contributed by atoms with Crippen molar-refractivity contribution in [3.8, 4) is 5.75 Å². The number of rotatable bonds is 3. The van der Waals surface area contributed by atoms with E-state index in [-0.39, 0.29) is 16.0 Å². The van der Waals surface area contributed by atoms with Gasteiger partial charge in [-0.05, 0) is 24.3 Å². The van der Waals surface area contributed by atoms with Crippen LogP contribution >= 0.6 is 23.2 Å². The lowest BCUT2D eigenvalue weighted by Crippen LogP contribution is -2.12. The van der Waals surface area contributed by atoms with Crippen LogP contribution in [-0.2, 0) is 0 Å². The molecule has 0 atom stereocenters. The highest BCUT2D eigenvalue weighted by Crippen LogP contribution is 2.29. The van der Waals surface area contributed by atoms with Crippen LogP contribution in [0.2, 0.25) is 10.0 Å². The summed E-state index contributed by atoms with van der Waals surface area (Å²) < 4.78 is 5.02. The van der Waals surface area contributed by atoms with E-state index in [1.54, 1.807) is 31.4 Å². The maximum atomic E-state index is 12.0. The zero-order valence-electron chi connectivity index (χ0n) is 9.98. The molecule has 0 radical (unpaired) electrons. The van der Waals surface area contributed by atoms with Gasteiger partial charge in [0.25, 0.3) is 5.91 Å². The van der Waals surface area contributed by atoms with E-state index in [4.69, 9.17) is 27.9 Å². The molecular weight excluding hydrogens is 287 g/mol. The molecule has 0 unspecified atom stereocenters. The van der Waals surface area contributed by atoms with Gasteiger partial charge in [0.2, 0.25) is 0 Å². The molecule has 6 heteroatoms. The molecular formula is C13H10Cl2N2O2. The van der Waals surface area contributed by atoms with E-state index >= 15 is 0 Å². The van der Waals surface area contributed by atoms with Crippen molar-refractivity contribution < 1.29 is 9.53 Å². The number of hydrogen-bond donors (Lipinski definition) is 1. The van der Waals surface area contributed by atoms with Crippen molar-refractivity contribution >= 4 is 34.8 Å². The molecule has 1 aromatic carbocycles. The van der Waals surface area contributed by atoms with Crippen molar-refractivity contribution in [3.63, 3.8) is 0 Å². The standard InChI is InChI=1S/C13H10Cl2N2O2/c1-19-9-4-2-8(3-5-9)13(18)17-12-10(14)6-16-7-11(12)15/h2-7H,1H3,(H,16,17,18). The van der Waals surface area contributed by atoms with E-state index in [0.717, 1.165) is 0 Å². The molecule has 0 aliphatic carbocycles. The maximum absolute atomic E-state index is 12.0. The third-order valence-electron chi connectivity index (χ3n) is 2.44. The average molecular weight is 297 g/mol. The van der Waals surface area contributed by atoms with Gasteiger partial charge in [0.05, 0.1) is 22.8 Å². The van der Waals surface area contributed by atoms with Crippen LogP contribution in [0.1, 0.15) is 10.4 Å². The van der Waals surface area contributed by atoms with Gasteiger partial charge in [-0.15, -0.1) is 0 Å². The van der Waals surface area contributed by atoms with Crippen molar-refractivity contribution in [1.82, 2.24) is 4.98 Å². The summed E-state index contributed by atoms with van der Waals surface area (Å²) in [5.74, 6) is 0.370. The number of ether oxygens (including phenoxy) is 1. The Morgan fingerprint density at radius 1 is 1.16 bits per heavy atom. The first-order chi connectivity index (χ1) is 9.11. The van der Waals surface area contributed by atoms with E-state index in [9.17, 15) is 4.79 Å². The van der Waals surface area contributed by atoms with Gasteiger partial charge in [-0.2, -0.15) is 0 Å². The predicted octanol–water partition coefficient (Wildman–Crippen LogP) is 3.65. The zero-order chi connectivity index (χ0) is 13.8. The molecule has 0 aliphatic rings. The van der Waals surface area contributed by atoms with Gasteiger partial charge in [-0.3, -0.25) is 9.78 Å². The van der Waals surface area contributed by atoms with Crippen LogP contribution in [0.4, 0.5) is 5.69 Å². The fraction of sp³-hybridized carbons (Fsp3) is 0.0769. The monoisotopic (exact) mass is 296 g/mol. The second kappa shape index (κ2) is 5.91. The van der Waals surface area contributed by atoms with Gasteiger partial charge in [-0.25, -0.2) is 0 Å². The van der Waals surface area contributed by atoms with Crippen molar-refractivity contribution in [2.45, 2.75) is 0 Å². The number of carbonyl (C=O) groups is 1. The molecule has 2 rings (SSSR count). The Balaban J connectivity index is 2.20. The van der Waals surface area contributed by atoms with Gasteiger partial charge in [0.15, 0.2) is 0 Å². The highest BCUT2D eigenvalue weighted by Gasteiger charge is 2.11. The smallest absolute Gasteiger partial charge is 0.255 e. The lowest BCUT2D eigenvalue weighted by molar-refractivity contribution is 0.102. The van der Waals surface area contributed by atoms with E-state index < -0.39 is 0 Å². The van der Waals surface area contributed by atoms with Gasteiger partial charge < -0.3 is 10.1 Å². The second-order valence-electron chi connectivity index (χ2n) is 3.66. The molecule has 0 aliphatic heterocycles. The number of amides is 1. The van der Waals surface area contributed by atoms with Crippen LogP contribution in [0.3, 0.4) is 0 Å². The number of pyridine rings is 1. The van der Waals surface area contributed by atoms with Crippen molar-refractivity contribution in [3.05, 3.63) is 52.3 Å².